The molecule has 3 aromatic rings. The topological polar surface area (TPSA) is 61.3 Å². The quantitative estimate of drug-likeness (QED) is 0.692. The van der Waals surface area contributed by atoms with E-state index < -0.39 is 0 Å². The highest BCUT2D eigenvalue weighted by atomic mass is 16.5. The first-order valence-corrected chi connectivity index (χ1v) is 7.12. The molecule has 4 N–H and O–H groups in total. The summed E-state index contributed by atoms with van der Waals surface area (Å²) in [6, 6.07) is 21.3. The van der Waals surface area contributed by atoms with E-state index in [0.717, 1.165) is 39.6 Å². The van der Waals surface area contributed by atoms with E-state index in [0.29, 0.717) is 0 Å². The van der Waals surface area contributed by atoms with E-state index in [-0.39, 0.29) is 0 Å². The monoisotopic (exact) mass is 290 g/mol. The summed E-state index contributed by atoms with van der Waals surface area (Å²) in [5.74, 6) is 1.59. The lowest BCUT2D eigenvalue weighted by Crippen LogP contribution is -1.92. The molecule has 3 nitrogen and oxygen atoms in total. The summed E-state index contributed by atoms with van der Waals surface area (Å²) >= 11 is 0. The molecule has 0 aliphatic carbocycles. The van der Waals surface area contributed by atoms with Crippen LogP contribution in [0.4, 0.5) is 11.4 Å². The van der Waals surface area contributed by atoms with Crippen LogP contribution in [0.3, 0.4) is 0 Å². The third-order valence-corrected chi connectivity index (χ3v) is 3.55. The number of nitrogen functional groups attached to an aromatic ring is 2. The molecule has 0 saturated carbocycles. The Morgan fingerprint density at radius 1 is 0.818 bits per heavy atom. The Kier molecular flexibility index (Phi) is 3.71. The highest BCUT2D eigenvalue weighted by molar-refractivity contribution is 5.77. The first-order valence-electron chi connectivity index (χ1n) is 7.12. The lowest BCUT2D eigenvalue weighted by atomic mass is 10.0. The molecular formula is C19H18N2O. The van der Waals surface area contributed by atoms with Crippen molar-refractivity contribution in [3.05, 3.63) is 72.3 Å². The fourth-order valence-corrected chi connectivity index (χ4v) is 2.35. The van der Waals surface area contributed by atoms with E-state index in [2.05, 4.69) is 6.07 Å². The van der Waals surface area contributed by atoms with Gasteiger partial charge in [0.05, 0.1) is 0 Å². The molecule has 0 aliphatic heterocycles. The number of rotatable bonds is 3. The van der Waals surface area contributed by atoms with E-state index in [4.69, 9.17) is 16.2 Å². The first kappa shape index (κ1) is 14.0. The van der Waals surface area contributed by atoms with Gasteiger partial charge in [-0.05, 0) is 60.5 Å². The summed E-state index contributed by atoms with van der Waals surface area (Å²) in [7, 11) is 0. The van der Waals surface area contributed by atoms with Crippen molar-refractivity contribution in [3.63, 3.8) is 0 Å². The van der Waals surface area contributed by atoms with Crippen molar-refractivity contribution in [1.82, 2.24) is 0 Å². The number of benzene rings is 3. The Bertz CT molecular complexity index is 795. The zero-order chi connectivity index (χ0) is 15.5. The average Bonchev–Trinajstić information content (AvgIpc) is 2.52. The normalized spacial score (nSPS) is 10.4. The summed E-state index contributed by atoms with van der Waals surface area (Å²) in [5, 5.41) is 0. The fourth-order valence-electron chi connectivity index (χ4n) is 2.35. The highest BCUT2D eigenvalue weighted by Crippen LogP contribution is 2.32. The maximum absolute atomic E-state index is 6.04. The lowest BCUT2D eigenvalue weighted by molar-refractivity contribution is 0.479. The van der Waals surface area contributed by atoms with Gasteiger partial charge in [-0.15, -0.1) is 0 Å². The molecule has 0 radical (unpaired) electrons. The second-order valence-electron chi connectivity index (χ2n) is 5.24. The molecule has 0 aliphatic rings. The van der Waals surface area contributed by atoms with Crippen molar-refractivity contribution in [2.75, 3.05) is 11.5 Å². The number of hydrogen-bond acceptors (Lipinski definition) is 3. The molecule has 3 aromatic carbocycles. The van der Waals surface area contributed by atoms with Gasteiger partial charge in [0.1, 0.15) is 11.5 Å². The molecule has 0 aromatic heterocycles. The lowest BCUT2D eigenvalue weighted by Gasteiger charge is -2.12. The number of hydrogen-bond donors (Lipinski definition) is 2. The molecule has 0 saturated heterocycles. The summed E-state index contributed by atoms with van der Waals surface area (Å²) in [4.78, 5) is 0. The molecule has 0 spiro atoms. The number of anilines is 2. The zero-order valence-electron chi connectivity index (χ0n) is 12.4. The zero-order valence-corrected chi connectivity index (χ0v) is 12.4. The number of nitrogens with two attached hydrogens (primary N) is 2. The van der Waals surface area contributed by atoms with Gasteiger partial charge in [0.25, 0.3) is 0 Å². The predicted octanol–water partition coefficient (Wildman–Crippen LogP) is 4.62. The SMILES string of the molecule is Cc1cc(-c2ccccc2N)ccc1Oc1ccc(N)cc1. The van der Waals surface area contributed by atoms with Crippen molar-refractivity contribution in [2.24, 2.45) is 0 Å². The second-order valence-corrected chi connectivity index (χ2v) is 5.24. The third-order valence-electron chi connectivity index (χ3n) is 3.55. The van der Waals surface area contributed by atoms with Crippen LogP contribution in [0.2, 0.25) is 0 Å². The molecule has 3 heteroatoms. The summed E-state index contributed by atoms with van der Waals surface area (Å²) in [6.07, 6.45) is 0. The molecule has 0 unspecified atom stereocenters. The average molecular weight is 290 g/mol. The van der Waals surface area contributed by atoms with Gasteiger partial charge in [-0.3, -0.25) is 0 Å². The Morgan fingerprint density at radius 2 is 1.55 bits per heavy atom. The van der Waals surface area contributed by atoms with E-state index in [1.54, 1.807) is 0 Å². The van der Waals surface area contributed by atoms with Crippen LogP contribution in [0.5, 0.6) is 11.5 Å². The van der Waals surface area contributed by atoms with Gasteiger partial charge < -0.3 is 16.2 Å². The number of aryl methyl sites for hydroxylation is 1. The van der Waals surface area contributed by atoms with Crippen LogP contribution < -0.4 is 16.2 Å². The standard InChI is InChI=1S/C19H18N2O/c1-13-12-14(17-4-2-3-5-18(17)21)6-11-19(13)22-16-9-7-15(20)8-10-16/h2-12H,20-21H2,1H3. The van der Waals surface area contributed by atoms with Gasteiger partial charge in [0, 0.05) is 16.9 Å². The van der Waals surface area contributed by atoms with E-state index >= 15 is 0 Å². The van der Waals surface area contributed by atoms with Crippen molar-refractivity contribution in [1.29, 1.82) is 0 Å². The Hall–Kier alpha value is -2.94. The molecule has 0 atom stereocenters. The molecule has 0 bridgehead atoms. The van der Waals surface area contributed by atoms with Gasteiger partial charge in [-0.2, -0.15) is 0 Å². The Morgan fingerprint density at radius 3 is 2.23 bits per heavy atom. The number of para-hydroxylation sites is 1. The molecule has 0 amide bonds. The molecule has 3 rings (SSSR count). The summed E-state index contributed by atoms with van der Waals surface area (Å²) in [6.45, 7) is 2.02. The highest BCUT2D eigenvalue weighted by Gasteiger charge is 2.06. The van der Waals surface area contributed by atoms with Crippen LogP contribution >= 0.6 is 0 Å². The van der Waals surface area contributed by atoms with E-state index in [1.165, 1.54) is 0 Å². The minimum Gasteiger partial charge on any atom is -0.457 e. The minimum absolute atomic E-state index is 0.721. The summed E-state index contributed by atoms with van der Waals surface area (Å²) in [5.41, 5.74) is 16.4. The fraction of sp³-hybridized carbons (Fsp3) is 0.0526. The summed E-state index contributed by atoms with van der Waals surface area (Å²) < 4.78 is 5.90. The molecular weight excluding hydrogens is 272 g/mol. The minimum atomic E-state index is 0.721. The smallest absolute Gasteiger partial charge is 0.130 e. The van der Waals surface area contributed by atoms with Crippen molar-refractivity contribution in [3.8, 4) is 22.6 Å². The van der Waals surface area contributed by atoms with Crippen molar-refractivity contribution in [2.45, 2.75) is 6.92 Å². The molecule has 22 heavy (non-hydrogen) atoms. The largest absolute Gasteiger partial charge is 0.457 e. The van der Waals surface area contributed by atoms with Crippen LogP contribution in [0.15, 0.2) is 66.7 Å². The van der Waals surface area contributed by atoms with Gasteiger partial charge >= 0.3 is 0 Å². The first-order chi connectivity index (χ1) is 10.6. The number of ether oxygens (including phenoxy) is 1. The Labute approximate surface area is 130 Å². The van der Waals surface area contributed by atoms with Crippen LogP contribution in [-0.2, 0) is 0 Å². The second kappa shape index (κ2) is 5.82. The van der Waals surface area contributed by atoms with Gasteiger partial charge in [0.15, 0.2) is 0 Å². The maximum Gasteiger partial charge on any atom is 0.130 e. The van der Waals surface area contributed by atoms with E-state index in [9.17, 15) is 0 Å². The maximum atomic E-state index is 6.04. The van der Waals surface area contributed by atoms with Crippen LogP contribution in [0, 0.1) is 6.92 Å². The van der Waals surface area contributed by atoms with Crippen molar-refractivity contribution < 1.29 is 4.74 Å². The van der Waals surface area contributed by atoms with E-state index in [1.807, 2.05) is 67.6 Å². The van der Waals surface area contributed by atoms with Crippen LogP contribution in [0.1, 0.15) is 5.56 Å². The Balaban J connectivity index is 1.89. The van der Waals surface area contributed by atoms with Gasteiger partial charge in [-0.1, -0.05) is 24.3 Å². The molecule has 0 fully saturated rings. The van der Waals surface area contributed by atoms with Crippen molar-refractivity contribution >= 4 is 11.4 Å². The third kappa shape index (κ3) is 2.88. The molecule has 0 heterocycles. The molecule has 110 valence electrons. The van der Waals surface area contributed by atoms with Gasteiger partial charge in [0.2, 0.25) is 0 Å². The predicted molar refractivity (Wildman–Crippen MR) is 92.0 cm³/mol. The van der Waals surface area contributed by atoms with Crippen LogP contribution in [0.25, 0.3) is 11.1 Å². The van der Waals surface area contributed by atoms with Gasteiger partial charge in [-0.25, -0.2) is 0 Å². The van der Waals surface area contributed by atoms with Crippen LogP contribution in [-0.4, -0.2) is 0 Å².